The first kappa shape index (κ1) is 24.1. The highest BCUT2D eigenvalue weighted by atomic mass is 35.5. The Balaban J connectivity index is 1.43. The zero-order valence-corrected chi connectivity index (χ0v) is 19.8. The summed E-state index contributed by atoms with van der Waals surface area (Å²) in [4.78, 5) is 12.8. The van der Waals surface area contributed by atoms with Crippen LogP contribution < -0.4 is 19.6 Å². The van der Waals surface area contributed by atoms with Gasteiger partial charge in [-0.25, -0.2) is 5.43 Å². The first-order valence-corrected chi connectivity index (χ1v) is 11.3. The number of hydrazone groups is 1. The van der Waals surface area contributed by atoms with Crippen molar-refractivity contribution in [1.29, 1.82) is 0 Å². The maximum absolute atomic E-state index is 12.8. The molecule has 4 aromatic rings. The molecule has 0 saturated heterocycles. The van der Waals surface area contributed by atoms with Gasteiger partial charge in [-0.05, 0) is 78.4 Å². The lowest BCUT2D eigenvalue weighted by Crippen LogP contribution is -2.40. The van der Waals surface area contributed by atoms with Crippen molar-refractivity contribution in [2.24, 2.45) is 5.10 Å². The van der Waals surface area contributed by atoms with Crippen molar-refractivity contribution >= 4 is 35.3 Å². The highest BCUT2D eigenvalue weighted by Gasteiger charge is 2.22. The summed E-state index contributed by atoms with van der Waals surface area (Å²) < 4.78 is 17.3. The number of para-hydroxylation sites is 1. The summed E-state index contributed by atoms with van der Waals surface area (Å²) >= 11 is 11.9. The number of carbonyl (C=O) groups is 1. The van der Waals surface area contributed by atoms with E-state index in [0.717, 1.165) is 11.3 Å². The van der Waals surface area contributed by atoms with E-state index in [9.17, 15) is 4.79 Å². The van der Waals surface area contributed by atoms with Gasteiger partial charge in [-0.3, -0.25) is 4.79 Å². The van der Waals surface area contributed by atoms with Crippen LogP contribution in [0, 0.1) is 0 Å². The monoisotopic (exact) mass is 506 g/mol. The largest absolute Gasteiger partial charge is 0.457 e. The second-order valence-electron chi connectivity index (χ2n) is 7.20. The molecule has 0 atom stereocenters. The molecule has 8 heteroatoms. The molecule has 35 heavy (non-hydrogen) atoms. The van der Waals surface area contributed by atoms with Crippen LogP contribution in [-0.2, 0) is 4.79 Å². The zero-order valence-electron chi connectivity index (χ0n) is 18.3. The molecular formula is C27H20Cl2N2O4. The van der Waals surface area contributed by atoms with Crippen molar-refractivity contribution in [3.8, 4) is 23.0 Å². The lowest BCUT2D eigenvalue weighted by Gasteiger charge is -2.19. The van der Waals surface area contributed by atoms with E-state index < -0.39 is 12.2 Å². The van der Waals surface area contributed by atoms with Crippen molar-refractivity contribution in [2.45, 2.75) is 6.29 Å². The van der Waals surface area contributed by atoms with Crippen LogP contribution in [0.3, 0.4) is 0 Å². The van der Waals surface area contributed by atoms with Gasteiger partial charge in [-0.1, -0.05) is 53.5 Å². The summed E-state index contributed by atoms with van der Waals surface area (Å²) in [5.41, 5.74) is 3.18. The minimum atomic E-state index is -1.32. The summed E-state index contributed by atoms with van der Waals surface area (Å²) in [6.45, 7) is 0. The predicted octanol–water partition coefficient (Wildman–Crippen LogP) is 6.72. The van der Waals surface area contributed by atoms with Crippen LogP contribution in [0.15, 0.2) is 108 Å². The summed E-state index contributed by atoms with van der Waals surface area (Å²) in [6, 6.07) is 29.9. The molecule has 0 aliphatic rings. The van der Waals surface area contributed by atoms with Gasteiger partial charge in [0.1, 0.15) is 23.0 Å². The fourth-order valence-electron chi connectivity index (χ4n) is 2.91. The number of rotatable bonds is 9. The van der Waals surface area contributed by atoms with Crippen LogP contribution in [0.5, 0.6) is 23.0 Å². The molecule has 0 spiro atoms. The van der Waals surface area contributed by atoms with Gasteiger partial charge in [0.15, 0.2) is 0 Å². The molecule has 1 N–H and O–H groups in total. The minimum absolute atomic E-state index is 0.401. The number of ether oxygens (including phenoxy) is 3. The molecule has 4 rings (SSSR count). The van der Waals surface area contributed by atoms with E-state index in [4.69, 9.17) is 37.4 Å². The average Bonchev–Trinajstić information content (AvgIpc) is 2.87. The average molecular weight is 507 g/mol. The van der Waals surface area contributed by atoms with Crippen LogP contribution in [0.4, 0.5) is 0 Å². The van der Waals surface area contributed by atoms with Crippen molar-refractivity contribution in [1.82, 2.24) is 5.43 Å². The predicted molar refractivity (Wildman–Crippen MR) is 137 cm³/mol. The molecule has 0 aromatic heterocycles. The van der Waals surface area contributed by atoms with Crippen molar-refractivity contribution in [2.75, 3.05) is 0 Å². The molecule has 0 fully saturated rings. The summed E-state index contributed by atoms with van der Waals surface area (Å²) in [5, 5.41) is 5.12. The SMILES string of the molecule is O=C(N/N=C/c1cccc(Oc2ccccc2)c1)C(Oc1ccc(Cl)cc1)Oc1ccc(Cl)cc1. The number of carbonyl (C=O) groups excluding carboxylic acids is 1. The van der Waals surface area contributed by atoms with Crippen molar-refractivity contribution < 1.29 is 19.0 Å². The number of benzene rings is 4. The topological polar surface area (TPSA) is 69.2 Å². The Morgan fingerprint density at radius 3 is 1.89 bits per heavy atom. The molecule has 0 aliphatic heterocycles. The molecule has 0 unspecified atom stereocenters. The van der Waals surface area contributed by atoms with E-state index in [0.29, 0.717) is 27.3 Å². The van der Waals surface area contributed by atoms with Gasteiger partial charge in [-0.15, -0.1) is 0 Å². The third-order valence-corrected chi connectivity index (χ3v) is 5.06. The van der Waals surface area contributed by atoms with Crippen LogP contribution in [0.1, 0.15) is 5.56 Å². The molecule has 176 valence electrons. The van der Waals surface area contributed by atoms with Gasteiger partial charge in [-0.2, -0.15) is 5.10 Å². The highest BCUT2D eigenvalue weighted by molar-refractivity contribution is 6.30. The van der Waals surface area contributed by atoms with E-state index in [2.05, 4.69) is 10.5 Å². The molecule has 6 nitrogen and oxygen atoms in total. The Kier molecular flexibility index (Phi) is 8.22. The molecule has 1 amide bonds. The Morgan fingerprint density at radius 2 is 1.29 bits per heavy atom. The Bertz CT molecular complexity index is 1230. The second kappa shape index (κ2) is 11.9. The zero-order chi connectivity index (χ0) is 24.5. The molecule has 0 radical (unpaired) electrons. The van der Waals surface area contributed by atoms with Crippen LogP contribution in [-0.4, -0.2) is 18.4 Å². The third-order valence-electron chi connectivity index (χ3n) is 4.55. The molecule has 0 bridgehead atoms. The van der Waals surface area contributed by atoms with E-state index >= 15 is 0 Å². The number of amides is 1. The molecule has 0 saturated carbocycles. The number of halogens is 2. The summed E-state index contributed by atoms with van der Waals surface area (Å²) in [5.74, 6) is 1.55. The van der Waals surface area contributed by atoms with Crippen LogP contribution in [0.2, 0.25) is 10.0 Å². The van der Waals surface area contributed by atoms with Crippen molar-refractivity contribution in [3.63, 3.8) is 0 Å². The molecule has 0 aliphatic carbocycles. The first-order valence-electron chi connectivity index (χ1n) is 10.6. The van der Waals surface area contributed by atoms with Gasteiger partial charge in [0, 0.05) is 10.0 Å². The van der Waals surface area contributed by atoms with E-state index in [1.165, 1.54) is 6.21 Å². The van der Waals surface area contributed by atoms with Crippen molar-refractivity contribution in [3.05, 3.63) is 119 Å². The third kappa shape index (κ3) is 7.50. The van der Waals surface area contributed by atoms with Gasteiger partial charge in [0.05, 0.1) is 6.21 Å². The Labute approximate surface area is 212 Å². The highest BCUT2D eigenvalue weighted by Crippen LogP contribution is 2.22. The maximum atomic E-state index is 12.8. The summed E-state index contributed by atoms with van der Waals surface area (Å²) in [7, 11) is 0. The molecule has 0 heterocycles. The lowest BCUT2D eigenvalue weighted by atomic mass is 10.2. The Morgan fingerprint density at radius 1 is 0.714 bits per heavy atom. The number of nitrogens with one attached hydrogen (secondary N) is 1. The maximum Gasteiger partial charge on any atom is 0.323 e. The number of nitrogens with zero attached hydrogens (tertiary/aromatic N) is 1. The van der Waals surface area contributed by atoms with Gasteiger partial charge in [0.2, 0.25) is 0 Å². The van der Waals surface area contributed by atoms with Gasteiger partial charge >= 0.3 is 12.2 Å². The van der Waals surface area contributed by atoms with Crippen LogP contribution in [0.25, 0.3) is 0 Å². The first-order chi connectivity index (χ1) is 17.0. The van der Waals surface area contributed by atoms with Gasteiger partial charge in [0.25, 0.3) is 0 Å². The molecular weight excluding hydrogens is 487 g/mol. The smallest absolute Gasteiger partial charge is 0.323 e. The standard InChI is InChI=1S/C27H20Cl2N2O4/c28-20-9-13-23(14-10-20)34-27(35-24-15-11-21(29)12-16-24)26(32)31-30-18-19-5-4-8-25(17-19)33-22-6-2-1-3-7-22/h1-18,27H,(H,31,32)/b30-18+. The molecule has 4 aromatic carbocycles. The summed E-state index contributed by atoms with van der Waals surface area (Å²) in [6.07, 6.45) is 0.180. The lowest BCUT2D eigenvalue weighted by molar-refractivity contribution is -0.140. The normalized spacial score (nSPS) is 10.8. The fraction of sp³-hybridized carbons (Fsp3) is 0.0370. The van der Waals surface area contributed by atoms with E-state index in [-0.39, 0.29) is 0 Å². The second-order valence-corrected chi connectivity index (χ2v) is 8.07. The number of hydrogen-bond donors (Lipinski definition) is 1. The van der Waals surface area contributed by atoms with E-state index in [1.54, 1.807) is 54.6 Å². The van der Waals surface area contributed by atoms with Crippen LogP contribution >= 0.6 is 23.2 Å². The minimum Gasteiger partial charge on any atom is -0.457 e. The van der Waals surface area contributed by atoms with Gasteiger partial charge < -0.3 is 14.2 Å². The van der Waals surface area contributed by atoms with E-state index in [1.807, 2.05) is 48.5 Å². The quantitative estimate of drug-likeness (QED) is 0.155. The Hall–Kier alpha value is -4.00. The fourth-order valence-corrected chi connectivity index (χ4v) is 3.16. The number of hydrogen-bond acceptors (Lipinski definition) is 5.